The van der Waals surface area contributed by atoms with Crippen molar-refractivity contribution in [2.24, 2.45) is 0 Å². The van der Waals surface area contributed by atoms with Crippen LogP contribution in [0.4, 0.5) is 19.3 Å². The molecule has 5 nitrogen and oxygen atoms in total. The van der Waals surface area contributed by atoms with E-state index >= 15 is 0 Å². The Balaban J connectivity index is 1.98. The molecule has 21 heavy (non-hydrogen) atoms. The average Bonchev–Trinajstić information content (AvgIpc) is 2.90. The van der Waals surface area contributed by atoms with Gasteiger partial charge in [-0.2, -0.15) is 8.78 Å². The second-order valence-electron chi connectivity index (χ2n) is 4.88. The summed E-state index contributed by atoms with van der Waals surface area (Å²) < 4.78 is 33.8. The Kier molecular flexibility index (Phi) is 4.95. The lowest BCUT2D eigenvalue weighted by atomic mass is 10.2. The number of aryl methyl sites for hydroxylation is 1. The lowest BCUT2D eigenvalue weighted by Gasteiger charge is -2.18. The maximum Gasteiger partial charge on any atom is 0.387 e. The van der Waals surface area contributed by atoms with Crippen LogP contribution in [0.3, 0.4) is 0 Å². The fraction of sp³-hybridized carbons (Fsp3) is 0.500. The summed E-state index contributed by atoms with van der Waals surface area (Å²) in [6, 6.07) is 4.19. The van der Waals surface area contributed by atoms with E-state index < -0.39 is 6.61 Å². The van der Waals surface area contributed by atoms with Gasteiger partial charge in [0.25, 0.3) is 0 Å². The number of anilines is 1. The lowest BCUT2D eigenvalue weighted by Crippen LogP contribution is -2.34. The van der Waals surface area contributed by atoms with Gasteiger partial charge in [0.2, 0.25) is 0 Å². The summed E-state index contributed by atoms with van der Waals surface area (Å²) in [5.74, 6) is 0.0705. The molecule has 1 aliphatic rings. The summed E-state index contributed by atoms with van der Waals surface area (Å²) in [5.41, 5.74) is 1.23. The van der Waals surface area contributed by atoms with Gasteiger partial charge >= 0.3 is 12.6 Å². The second kappa shape index (κ2) is 6.71. The normalized spacial score (nSPS) is 18.1. The molecule has 1 N–H and O–H groups in total. The first-order valence-electron chi connectivity index (χ1n) is 6.63. The van der Waals surface area contributed by atoms with Crippen molar-refractivity contribution < 1.29 is 23.0 Å². The number of nitrogens with one attached hydrogen (secondary N) is 1. The van der Waals surface area contributed by atoms with E-state index in [0.717, 1.165) is 6.42 Å². The van der Waals surface area contributed by atoms with Gasteiger partial charge < -0.3 is 19.7 Å². The van der Waals surface area contributed by atoms with Crippen LogP contribution >= 0.6 is 0 Å². The van der Waals surface area contributed by atoms with Gasteiger partial charge in [-0.25, -0.2) is 4.79 Å². The minimum atomic E-state index is -2.86. The molecule has 1 heterocycles. The van der Waals surface area contributed by atoms with Crippen molar-refractivity contribution >= 4 is 11.7 Å². The molecule has 1 fully saturated rings. The molecule has 0 aromatic heterocycles. The minimum Gasteiger partial charge on any atom is -0.435 e. The van der Waals surface area contributed by atoms with E-state index in [0.29, 0.717) is 24.3 Å². The van der Waals surface area contributed by atoms with E-state index in [1.165, 1.54) is 12.1 Å². The highest BCUT2D eigenvalue weighted by Gasteiger charge is 2.26. The highest BCUT2D eigenvalue weighted by Crippen LogP contribution is 2.23. The third-order valence-corrected chi connectivity index (χ3v) is 3.43. The molecular weight excluding hydrogens is 282 g/mol. The van der Waals surface area contributed by atoms with Crippen LogP contribution in [0.1, 0.15) is 12.0 Å². The number of hydrogen-bond acceptors (Lipinski definition) is 3. The third kappa shape index (κ3) is 4.04. The predicted molar refractivity (Wildman–Crippen MR) is 73.8 cm³/mol. The quantitative estimate of drug-likeness (QED) is 0.930. The molecule has 0 spiro atoms. The molecule has 1 aliphatic heterocycles. The summed E-state index contributed by atoms with van der Waals surface area (Å²) in [6.07, 6.45) is 0.878. The van der Waals surface area contributed by atoms with Crippen molar-refractivity contribution in [1.82, 2.24) is 4.90 Å². The van der Waals surface area contributed by atoms with Crippen LogP contribution in [-0.4, -0.2) is 43.8 Å². The van der Waals surface area contributed by atoms with Crippen molar-refractivity contribution in [1.29, 1.82) is 0 Å². The number of halogens is 2. The van der Waals surface area contributed by atoms with Crippen molar-refractivity contribution in [2.75, 3.05) is 25.5 Å². The third-order valence-electron chi connectivity index (χ3n) is 3.43. The molecule has 1 atom stereocenters. The molecule has 7 heteroatoms. The number of benzene rings is 1. The summed E-state index contributed by atoms with van der Waals surface area (Å²) in [5, 5.41) is 2.77. The first-order valence-corrected chi connectivity index (χ1v) is 6.63. The summed E-state index contributed by atoms with van der Waals surface area (Å²) in [4.78, 5) is 13.8. The van der Waals surface area contributed by atoms with Crippen molar-refractivity contribution in [2.45, 2.75) is 26.1 Å². The van der Waals surface area contributed by atoms with E-state index in [-0.39, 0.29) is 17.9 Å². The number of carbonyl (C=O) groups excluding carboxylic acids is 1. The molecule has 0 aliphatic carbocycles. The Morgan fingerprint density at radius 3 is 2.81 bits per heavy atom. The molecular formula is C14H18F2N2O3. The van der Waals surface area contributed by atoms with Crippen molar-refractivity contribution in [3.05, 3.63) is 23.8 Å². The number of nitrogens with zero attached hydrogens (tertiary/aromatic N) is 1. The van der Waals surface area contributed by atoms with E-state index in [1.807, 2.05) is 0 Å². The van der Waals surface area contributed by atoms with Crippen molar-refractivity contribution in [3.8, 4) is 5.75 Å². The van der Waals surface area contributed by atoms with Gasteiger partial charge in [-0.3, -0.25) is 0 Å². The minimum absolute atomic E-state index is 0.0682. The van der Waals surface area contributed by atoms with Crippen LogP contribution < -0.4 is 10.1 Å². The zero-order chi connectivity index (χ0) is 15.4. The standard InChI is InChI=1S/C14H18F2N2O3/c1-9-7-10(21-13(15)16)3-4-12(9)17-14(19)18-6-5-11(8-18)20-2/h3-4,7,11,13H,5-6,8H2,1-2H3,(H,17,19)/t11-/m0/s1. The molecule has 1 aromatic carbocycles. The summed E-state index contributed by atoms with van der Waals surface area (Å²) >= 11 is 0. The van der Waals surface area contributed by atoms with Gasteiger partial charge in [-0.15, -0.1) is 0 Å². The monoisotopic (exact) mass is 300 g/mol. The number of likely N-dealkylation sites (tertiary alicyclic amines) is 1. The number of rotatable bonds is 4. The van der Waals surface area contributed by atoms with Gasteiger partial charge in [0.1, 0.15) is 5.75 Å². The van der Waals surface area contributed by atoms with Gasteiger partial charge in [0, 0.05) is 25.9 Å². The van der Waals surface area contributed by atoms with Gasteiger partial charge in [-0.1, -0.05) is 0 Å². The predicted octanol–water partition coefficient (Wildman–Crippen LogP) is 2.85. The smallest absolute Gasteiger partial charge is 0.387 e. The molecule has 1 aromatic rings. The molecule has 0 bridgehead atoms. The van der Waals surface area contributed by atoms with Crippen LogP contribution in [0.15, 0.2) is 18.2 Å². The molecule has 1 saturated heterocycles. The summed E-state index contributed by atoms with van der Waals surface area (Å²) in [7, 11) is 1.62. The van der Waals surface area contributed by atoms with Crippen molar-refractivity contribution in [3.63, 3.8) is 0 Å². The number of carbonyl (C=O) groups is 1. The van der Waals surface area contributed by atoms with E-state index in [1.54, 1.807) is 25.0 Å². The average molecular weight is 300 g/mol. The maximum atomic E-state index is 12.1. The Morgan fingerprint density at radius 1 is 1.48 bits per heavy atom. The van der Waals surface area contributed by atoms with Crippen LogP contribution in [0, 0.1) is 6.92 Å². The number of amides is 2. The zero-order valence-corrected chi connectivity index (χ0v) is 11.9. The lowest BCUT2D eigenvalue weighted by molar-refractivity contribution is -0.0498. The Bertz CT molecular complexity index is 511. The molecule has 2 amide bonds. The number of methoxy groups -OCH3 is 1. The van der Waals surface area contributed by atoms with E-state index in [2.05, 4.69) is 10.1 Å². The highest BCUT2D eigenvalue weighted by atomic mass is 19.3. The van der Waals surface area contributed by atoms with Gasteiger partial charge in [-0.05, 0) is 37.1 Å². The maximum absolute atomic E-state index is 12.1. The molecule has 2 rings (SSSR count). The molecule has 0 saturated carbocycles. The Morgan fingerprint density at radius 2 is 2.24 bits per heavy atom. The van der Waals surface area contributed by atoms with Gasteiger partial charge in [0.05, 0.1) is 6.10 Å². The van der Waals surface area contributed by atoms with Crippen LogP contribution in [0.25, 0.3) is 0 Å². The highest BCUT2D eigenvalue weighted by molar-refractivity contribution is 5.90. The number of ether oxygens (including phenoxy) is 2. The fourth-order valence-electron chi connectivity index (χ4n) is 2.25. The second-order valence-corrected chi connectivity index (χ2v) is 4.88. The molecule has 116 valence electrons. The zero-order valence-electron chi connectivity index (χ0n) is 11.9. The Hall–Kier alpha value is -1.89. The topological polar surface area (TPSA) is 50.8 Å². The fourth-order valence-corrected chi connectivity index (χ4v) is 2.25. The van der Waals surface area contributed by atoms with Crippen LogP contribution in [0.2, 0.25) is 0 Å². The SMILES string of the molecule is CO[C@H]1CCN(C(=O)Nc2ccc(OC(F)F)cc2C)C1. The van der Waals surface area contributed by atoms with E-state index in [4.69, 9.17) is 4.74 Å². The molecule has 0 radical (unpaired) electrons. The Labute approximate surface area is 121 Å². The van der Waals surface area contributed by atoms with Crippen LogP contribution in [0.5, 0.6) is 5.75 Å². The number of alkyl halides is 2. The number of hydrogen-bond donors (Lipinski definition) is 1. The van der Waals surface area contributed by atoms with Crippen LogP contribution in [-0.2, 0) is 4.74 Å². The van der Waals surface area contributed by atoms with Gasteiger partial charge in [0.15, 0.2) is 0 Å². The number of urea groups is 1. The van der Waals surface area contributed by atoms with E-state index in [9.17, 15) is 13.6 Å². The first kappa shape index (κ1) is 15.5. The molecule has 0 unspecified atom stereocenters. The largest absolute Gasteiger partial charge is 0.435 e. The summed E-state index contributed by atoms with van der Waals surface area (Å²) in [6.45, 7) is 0.0419. The first-order chi connectivity index (χ1) is 9.99.